The number of nitrogen functional groups attached to an aromatic ring is 1. The maximum atomic E-state index is 13.3. The van der Waals surface area contributed by atoms with Gasteiger partial charge in [0.1, 0.15) is 5.82 Å². The van der Waals surface area contributed by atoms with Crippen LogP contribution in [0.1, 0.15) is 39.7 Å². The molecule has 0 saturated carbocycles. The maximum Gasteiger partial charge on any atom is 0.254 e. The van der Waals surface area contributed by atoms with Crippen LogP contribution in [0.25, 0.3) is 10.9 Å². The van der Waals surface area contributed by atoms with Crippen molar-refractivity contribution in [2.45, 2.75) is 33.6 Å². The normalized spacial score (nSPS) is 13.0. The number of rotatable bonds is 4. The van der Waals surface area contributed by atoms with Crippen molar-refractivity contribution in [3.63, 3.8) is 0 Å². The number of aromatic nitrogens is 2. The molecule has 2 N–H and O–H groups in total. The number of anilines is 1. The van der Waals surface area contributed by atoms with Gasteiger partial charge in [-0.1, -0.05) is 0 Å². The van der Waals surface area contributed by atoms with Crippen LogP contribution in [-0.2, 0) is 24.5 Å². The van der Waals surface area contributed by atoms with Crippen LogP contribution in [0.5, 0.6) is 0 Å². The Kier molecular flexibility index (Phi) is 5.03. The molecule has 0 radical (unpaired) electrons. The fourth-order valence-electron chi connectivity index (χ4n) is 3.55. The standard InChI is InChI=1S/C21H21BrN4O2/c1-3-26(9-14-5-4-13(22)8-24-14)21(27)15-7-16-17-10-28-11-18(17)20(23)25-19(16)6-12(15)2/h4-8H,3,9-11H2,1-2H3,(H2,23,25). The van der Waals surface area contributed by atoms with Gasteiger partial charge in [-0.2, -0.15) is 0 Å². The number of halogens is 1. The fraction of sp³-hybridized carbons (Fsp3) is 0.286. The first-order chi connectivity index (χ1) is 13.5. The zero-order valence-electron chi connectivity index (χ0n) is 15.8. The molecular formula is C21H21BrN4O2. The second-order valence-corrected chi connectivity index (χ2v) is 7.83. The first-order valence-corrected chi connectivity index (χ1v) is 9.96. The lowest BCUT2D eigenvalue weighted by molar-refractivity contribution is 0.0750. The van der Waals surface area contributed by atoms with Gasteiger partial charge in [0.05, 0.1) is 31.0 Å². The molecule has 2 aromatic heterocycles. The molecule has 0 aliphatic carbocycles. The van der Waals surface area contributed by atoms with Gasteiger partial charge in [0.2, 0.25) is 0 Å². The van der Waals surface area contributed by atoms with Gasteiger partial charge in [0, 0.05) is 33.7 Å². The maximum absolute atomic E-state index is 13.3. The second kappa shape index (κ2) is 7.48. The van der Waals surface area contributed by atoms with Crippen molar-refractivity contribution in [1.29, 1.82) is 0 Å². The quantitative estimate of drug-likeness (QED) is 0.663. The van der Waals surface area contributed by atoms with Crippen LogP contribution in [-0.4, -0.2) is 27.3 Å². The summed E-state index contributed by atoms with van der Waals surface area (Å²) in [7, 11) is 0. The minimum Gasteiger partial charge on any atom is -0.383 e. The monoisotopic (exact) mass is 440 g/mol. The van der Waals surface area contributed by atoms with Crippen molar-refractivity contribution >= 4 is 38.6 Å². The van der Waals surface area contributed by atoms with Gasteiger partial charge in [-0.05, 0) is 65.2 Å². The summed E-state index contributed by atoms with van der Waals surface area (Å²) in [5.41, 5.74) is 11.2. The van der Waals surface area contributed by atoms with Crippen LogP contribution in [0.3, 0.4) is 0 Å². The molecule has 144 valence electrons. The highest BCUT2D eigenvalue weighted by molar-refractivity contribution is 9.10. The van der Waals surface area contributed by atoms with Gasteiger partial charge in [0.25, 0.3) is 5.91 Å². The summed E-state index contributed by atoms with van der Waals surface area (Å²) in [6.07, 6.45) is 1.74. The van der Waals surface area contributed by atoms with E-state index >= 15 is 0 Å². The lowest BCUT2D eigenvalue weighted by Gasteiger charge is -2.22. The number of pyridine rings is 2. The lowest BCUT2D eigenvalue weighted by atomic mass is 9.98. The molecule has 0 unspecified atom stereocenters. The van der Waals surface area contributed by atoms with Crippen LogP contribution < -0.4 is 5.73 Å². The third-order valence-corrected chi connectivity index (χ3v) is 5.58. The van der Waals surface area contributed by atoms with E-state index in [4.69, 9.17) is 10.5 Å². The number of benzene rings is 1. The first-order valence-electron chi connectivity index (χ1n) is 9.17. The Balaban J connectivity index is 1.72. The zero-order valence-corrected chi connectivity index (χ0v) is 17.4. The van der Waals surface area contributed by atoms with Crippen LogP contribution in [0.2, 0.25) is 0 Å². The van der Waals surface area contributed by atoms with E-state index in [1.807, 2.05) is 38.1 Å². The van der Waals surface area contributed by atoms with Crippen molar-refractivity contribution in [3.8, 4) is 0 Å². The minimum absolute atomic E-state index is 0.0175. The Labute approximate surface area is 171 Å². The molecular weight excluding hydrogens is 420 g/mol. The lowest BCUT2D eigenvalue weighted by Crippen LogP contribution is -2.31. The van der Waals surface area contributed by atoms with Crippen molar-refractivity contribution < 1.29 is 9.53 Å². The minimum atomic E-state index is -0.0175. The number of nitrogens with zero attached hydrogens (tertiary/aromatic N) is 3. The fourth-order valence-corrected chi connectivity index (χ4v) is 3.78. The summed E-state index contributed by atoms with van der Waals surface area (Å²) in [5, 5.41) is 0.938. The number of hydrogen-bond donors (Lipinski definition) is 1. The highest BCUT2D eigenvalue weighted by atomic mass is 79.9. The van der Waals surface area contributed by atoms with Crippen LogP contribution in [0.4, 0.5) is 5.82 Å². The number of aryl methyl sites for hydroxylation is 1. The smallest absolute Gasteiger partial charge is 0.254 e. The Morgan fingerprint density at radius 3 is 2.79 bits per heavy atom. The highest BCUT2D eigenvalue weighted by Gasteiger charge is 2.23. The van der Waals surface area contributed by atoms with E-state index in [9.17, 15) is 4.79 Å². The predicted molar refractivity (Wildman–Crippen MR) is 112 cm³/mol. The third kappa shape index (κ3) is 3.36. The van der Waals surface area contributed by atoms with Crippen molar-refractivity contribution in [2.75, 3.05) is 12.3 Å². The molecule has 0 saturated heterocycles. The Hall–Kier alpha value is -2.51. The number of amides is 1. The summed E-state index contributed by atoms with van der Waals surface area (Å²) < 4.78 is 6.48. The largest absolute Gasteiger partial charge is 0.383 e. The first kappa shape index (κ1) is 18.8. The summed E-state index contributed by atoms with van der Waals surface area (Å²) >= 11 is 3.39. The molecule has 1 aliphatic rings. The van der Waals surface area contributed by atoms with Crippen LogP contribution >= 0.6 is 15.9 Å². The van der Waals surface area contributed by atoms with Crippen molar-refractivity contribution in [1.82, 2.24) is 14.9 Å². The molecule has 28 heavy (non-hydrogen) atoms. The van der Waals surface area contributed by atoms with E-state index in [1.54, 1.807) is 11.1 Å². The number of fused-ring (bicyclic) bond motifs is 3. The second-order valence-electron chi connectivity index (χ2n) is 6.92. The Morgan fingerprint density at radius 2 is 2.07 bits per heavy atom. The molecule has 1 aliphatic heterocycles. The van der Waals surface area contributed by atoms with Gasteiger partial charge < -0.3 is 15.4 Å². The zero-order chi connectivity index (χ0) is 19.8. The number of ether oxygens (including phenoxy) is 1. The molecule has 3 heterocycles. The van der Waals surface area contributed by atoms with Gasteiger partial charge in [-0.25, -0.2) is 4.98 Å². The molecule has 4 rings (SSSR count). The highest BCUT2D eigenvalue weighted by Crippen LogP contribution is 2.32. The number of nitrogens with two attached hydrogens (primary N) is 1. The summed E-state index contributed by atoms with van der Waals surface area (Å²) in [5.74, 6) is 0.492. The van der Waals surface area contributed by atoms with E-state index < -0.39 is 0 Å². The van der Waals surface area contributed by atoms with E-state index in [-0.39, 0.29) is 5.91 Å². The molecule has 0 spiro atoms. The van der Waals surface area contributed by atoms with Crippen molar-refractivity contribution in [3.05, 3.63) is 62.9 Å². The average molecular weight is 441 g/mol. The molecule has 3 aromatic rings. The SMILES string of the molecule is CCN(Cc1ccc(Br)cn1)C(=O)c1cc2c3c(c(N)nc2cc1C)COC3. The van der Waals surface area contributed by atoms with Crippen LogP contribution in [0, 0.1) is 6.92 Å². The number of carbonyl (C=O) groups excluding carboxylic acids is 1. The molecule has 0 fully saturated rings. The molecule has 7 heteroatoms. The molecule has 0 atom stereocenters. The number of carbonyl (C=O) groups is 1. The molecule has 6 nitrogen and oxygen atoms in total. The van der Waals surface area contributed by atoms with Gasteiger partial charge in [-0.3, -0.25) is 9.78 Å². The van der Waals surface area contributed by atoms with E-state index in [0.29, 0.717) is 37.7 Å². The Bertz CT molecular complexity index is 1070. The Morgan fingerprint density at radius 1 is 1.29 bits per heavy atom. The summed E-state index contributed by atoms with van der Waals surface area (Å²) in [6, 6.07) is 7.72. The summed E-state index contributed by atoms with van der Waals surface area (Å²) in [6.45, 7) is 5.92. The third-order valence-electron chi connectivity index (χ3n) is 5.12. The van der Waals surface area contributed by atoms with E-state index in [1.165, 1.54) is 0 Å². The van der Waals surface area contributed by atoms with E-state index in [2.05, 4.69) is 25.9 Å². The number of hydrogen-bond acceptors (Lipinski definition) is 5. The topological polar surface area (TPSA) is 81.3 Å². The predicted octanol–water partition coefficient (Wildman–Crippen LogP) is 3.98. The van der Waals surface area contributed by atoms with Gasteiger partial charge in [0.15, 0.2) is 0 Å². The van der Waals surface area contributed by atoms with Gasteiger partial charge in [-0.15, -0.1) is 0 Å². The molecule has 1 amide bonds. The molecule has 0 bridgehead atoms. The summed E-state index contributed by atoms with van der Waals surface area (Å²) in [4.78, 5) is 24.0. The average Bonchev–Trinajstić information content (AvgIpc) is 3.17. The van der Waals surface area contributed by atoms with Crippen molar-refractivity contribution in [2.24, 2.45) is 0 Å². The van der Waals surface area contributed by atoms with E-state index in [0.717, 1.165) is 37.8 Å². The van der Waals surface area contributed by atoms with Gasteiger partial charge >= 0.3 is 0 Å². The molecule has 1 aromatic carbocycles. The van der Waals surface area contributed by atoms with Crippen LogP contribution in [0.15, 0.2) is 34.9 Å².